The molecule has 0 spiro atoms. The van der Waals surface area contributed by atoms with Gasteiger partial charge in [0.25, 0.3) is 0 Å². The second-order valence-electron chi connectivity index (χ2n) is 5.17. The minimum atomic E-state index is -0.940. The summed E-state index contributed by atoms with van der Waals surface area (Å²) < 4.78 is 0. The fourth-order valence-corrected chi connectivity index (χ4v) is 2.22. The first-order valence-corrected chi connectivity index (χ1v) is 6.35. The number of carbonyl (C=O) groups excluding carboxylic acids is 1. The van der Waals surface area contributed by atoms with Crippen LogP contribution in [-0.2, 0) is 4.79 Å². The van der Waals surface area contributed by atoms with Crippen LogP contribution < -0.4 is 10.6 Å². The average molecular weight is 258 g/mol. The van der Waals surface area contributed by atoms with Gasteiger partial charge in [-0.25, -0.2) is 4.79 Å². The lowest BCUT2D eigenvalue weighted by Crippen LogP contribution is -2.47. The molecule has 0 aromatic heterocycles. The first-order chi connectivity index (χ1) is 8.44. The number of hydrogen-bond acceptors (Lipinski definition) is 3. The molecule has 0 heterocycles. The van der Waals surface area contributed by atoms with Gasteiger partial charge in [0.2, 0.25) is 0 Å². The van der Waals surface area contributed by atoms with Gasteiger partial charge in [0.1, 0.15) is 0 Å². The summed E-state index contributed by atoms with van der Waals surface area (Å²) in [7, 11) is 0. The van der Waals surface area contributed by atoms with Crippen molar-refractivity contribution in [1.29, 1.82) is 0 Å². The number of carbonyl (C=O) groups is 2. The highest BCUT2D eigenvalue weighted by Crippen LogP contribution is 2.35. The SMILES string of the molecule is CC1(CNC(=O)NCCC(=O)O)CCCCC1O. The van der Waals surface area contributed by atoms with Gasteiger partial charge in [-0.15, -0.1) is 0 Å². The monoisotopic (exact) mass is 258 g/mol. The highest BCUT2D eigenvalue weighted by Gasteiger charge is 2.35. The van der Waals surface area contributed by atoms with Crippen molar-refractivity contribution in [3.8, 4) is 0 Å². The molecule has 1 rings (SSSR count). The van der Waals surface area contributed by atoms with Crippen molar-refractivity contribution in [1.82, 2.24) is 10.6 Å². The Morgan fingerprint density at radius 2 is 2.06 bits per heavy atom. The van der Waals surface area contributed by atoms with E-state index in [0.717, 1.165) is 25.7 Å². The molecule has 2 unspecified atom stereocenters. The van der Waals surface area contributed by atoms with Gasteiger partial charge >= 0.3 is 12.0 Å². The van der Waals surface area contributed by atoms with Crippen molar-refractivity contribution in [3.63, 3.8) is 0 Å². The van der Waals surface area contributed by atoms with Crippen LogP contribution in [0.4, 0.5) is 4.79 Å². The first-order valence-electron chi connectivity index (χ1n) is 6.35. The van der Waals surface area contributed by atoms with Gasteiger partial charge in [0, 0.05) is 18.5 Å². The molecule has 1 fully saturated rings. The minimum Gasteiger partial charge on any atom is -0.481 e. The number of aliphatic carboxylic acids is 1. The van der Waals surface area contributed by atoms with E-state index in [0.29, 0.717) is 6.54 Å². The lowest BCUT2D eigenvalue weighted by atomic mass is 9.73. The molecule has 18 heavy (non-hydrogen) atoms. The third kappa shape index (κ3) is 4.52. The fourth-order valence-electron chi connectivity index (χ4n) is 2.22. The Labute approximate surface area is 107 Å². The van der Waals surface area contributed by atoms with E-state index in [4.69, 9.17) is 5.11 Å². The quantitative estimate of drug-likeness (QED) is 0.583. The van der Waals surface area contributed by atoms with Gasteiger partial charge in [-0.05, 0) is 12.8 Å². The largest absolute Gasteiger partial charge is 0.481 e. The van der Waals surface area contributed by atoms with E-state index < -0.39 is 5.97 Å². The maximum absolute atomic E-state index is 11.4. The highest BCUT2D eigenvalue weighted by atomic mass is 16.4. The maximum Gasteiger partial charge on any atom is 0.314 e. The van der Waals surface area contributed by atoms with Crippen LogP contribution in [0.5, 0.6) is 0 Å². The van der Waals surface area contributed by atoms with Crippen LogP contribution >= 0.6 is 0 Å². The number of carboxylic acid groups (broad SMARTS) is 1. The summed E-state index contributed by atoms with van der Waals surface area (Å²) in [6.45, 7) is 2.49. The first kappa shape index (κ1) is 14.8. The third-order valence-electron chi connectivity index (χ3n) is 3.56. The fraction of sp³-hybridized carbons (Fsp3) is 0.833. The predicted molar refractivity (Wildman–Crippen MR) is 66.2 cm³/mol. The topological polar surface area (TPSA) is 98.7 Å². The van der Waals surface area contributed by atoms with Crippen LogP contribution in [0, 0.1) is 5.41 Å². The van der Waals surface area contributed by atoms with Gasteiger partial charge in [-0.2, -0.15) is 0 Å². The van der Waals surface area contributed by atoms with Crippen molar-refractivity contribution in [2.75, 3.05) is 13.1 Å². The zero-order valence-electron chi connectivity index (χ0n) is 10.7. The number of aliphatic hydroxyl groups is 1. The number of amides is 2. The zero-order chi connectivity index (χ0) is 13.6. The van der Waals surface area contributed by atoms with E-state index in [1.165, 1.54) is 0 Å². The van der Waals surface area contributed by atoms with E-state index in [1.54, 1.807) is 0 Å². The van der Waals surface area contributed by atoms with Crippen LogP contribution in [0.1, 0.15) is 39.0 Å². The number of carboxylic acids is 1. The Morgan fingerprint density at radius 3 is 2.67 bits per heavy atom. The van der Waals surface area contributed by atoms with E-state index >= 15 is 0 Å². The Kier molecular flexibility index (Phi) is 5.40. The molecule has 0 bridgehead atoms. The van der Waals surface area contributed by atoms with Crippen molar-refractivity contribution in [3.05, 3.63) is 0 Å². The second kappa shape index (κ2) is 6.58. The molecule has 0 radical (unpaired) electrons. The molecule has 2 amide bonds. The van der Waals surface area contributed by atoms with Crippen molar-refractivity contribution in [2.45, 2.75) is 45.1 Å². The Hall–Kier alpha value is -1.30. The van der Waals surface area contributed by atoms with Gasteiger partial charge < -0.3 is 20.8 Å². The molecule has 0 aliphatic heterocycles. The lowest BCUT2D eigenvalue weighted by Gasteiger charge is -2.38. The molecule has 104 valence electrons. The van der Waals surface area contributed by atoms with E-state index in [9.17, 15) is 14.7 Å². The van der Waals surface area contributed by atoms with Crippen molar-refractivity contribution >= 4 is 12.0 Å². The Balaban J connectivity index is 2.26. The molecule has 4 N–H and O–H groups in total. The maximum atomic E-state index is 11.4. The van der Waals surface area contributed by atoms with Crippen LogP contribution in [0.2, 0.25) is 0 Å². The summed E-state index contributed by atoms with van der Waals surface area (Å²) in [6.07, 6.45) is 3.29. The number of nitrogens with one attached hydrogen (secondary N) is 2. The molecule has 0 aromatic carbocycles. The molecule has 1 saturated carbocycles. The summed E-state index contributed by atoms with van der Waals surface area (Å²) in [5, 5.41) is 23.5. The zero-order valence-corrected chi connectivity index (χ0v) is 10.7. The third-order valence-corrected chi connectivity index (χ3v) is 3.56. The van der Waals surface area contributed by atoms with E-state index in [1.807, 2.05) is 6.92 Å². The molecule has 0 aromatic rings. The van der Waals surface area contributed by atoms with E-state index in [-0.39, 0.29) is 30.5 Å². The average Bonchev–Trinajstić information content (AvgIpc) is 2.30. The summed E-state index contributed by atoms with van der Waals surface area (Å²) in [4.78, 5) is 21.7. The Bertz CT molecular complexity index is 308. The number of hydrogen-bond donors (Lipinski definition) is 4. The molecule has 6 nitrogen and oxygen atoms in total. The number of rotatable bonds is 5. The lowest BCUT2D eigenvalue weighted by molar-refractivity contribution is -0.136. The molecular weight excluding hydrogens is 236 g/mol. The van der Waals surface area contributed by atoms with Gasteiger partial charge in [0.05, 0.1) is 12.5 Å². The molecule has 1 aliphatic rings. The van der Waals surface area contributed by atoms with Crippen molar-refractivity contribution < 1.29 is 19.8 Å². The van der Waals surface area contributed by atoms with Crippen LogP contribution in [0.3, 0.4) is 0 Å². The van der Waals surface area contributed by atoms with E-state index in [2.05, 4.69) is 10.6 Å². The summed E-state index contributed by atoms with van der Waals surface area (Å²) >= 11 is 0. The highest BCUT2D eigenvalue weighted by molar-refractivity contribution is 5.75. The molecule has 1 aliphatic carbocycles. The number of aliphatic hydroxyl groups excluding tert-OH is 1. The molecule has 0 saturated heterocycles. The smallest absolute Gasteiger partial charge is 0.314 e. The second-order valence-corrected chi connectivity index (χ2v) is 5.17. The molecule has 2 atom stereocenters. The van der Waals surface area contributed by atoms with Crippen LogP contribution in [0.15, 0.2) is 0 Å². The summed E-state index contributed by atoms with van der Waals surface area (Å²) in [6, 6.07) is -0.379. The predicted octanol–water partition coefficient (Wildman–Crippen LogP) is 0.701. The minimum absolute atomic E-state index is 0.0900. The van der Waals surface area contributed by atoms with Crippen LogP contribution in [0.25, 0.3) is 0 Å². The standard InChI is InChI=1S/C12H22N2O4/c1-12(6-3-2-4-9(12)15)8-14-11(18)13-7-5-10(16)17/h9,15H,2-8H2,1H3,(H,16,17)(H2,13,14,18). The van der Waals surface area contributed by atoms with Gasteiger partial charge in [-0.3, -0.25) is 4.79 Å². The molecular formula is C12H22N2O4. The normalized spacial score (nSPS) is 27.6. The van der Waals surface area contributed by atoms with Gasteiger partial charge in [-0.1, -0.05) is 19.8 Å². The van der Waals surface area contributed by atoms with Gasteiger partial charge in [0.15, 0.2) is 0 Å². The van der Waals surface area contributed by atoms with Crippen LogP contribution in [-0.4, -0.2) is 41.4 Å². The van der Waals surface area contributed by atoms with Crippen molar-refractivity contribution in [2.24, 2.45) is 5.41 Å². The number of urea groups is 1. The molecule has 6 heteroatoms. The summed E-state index contributed by atoms with van der Waals surface area (Å²) in [5.74, 6) is -0.940. The Morgan fingerprint density at radius 1 is 1.33 bits per heavy atom. The summed E-state index contributed by atoms with van der Waals surface area (Å²) in [5.41, 5.74) is -0.275.